The first kappa shape index (κ1) is 21.6. The lowest BCUT2D eigenvalue weighted by molar-refractivity contribution is -0.137. The average molecular weight is 418 g/mol. The number of amides is 4. The van der Waals surface area contributed by atoms with Crippen LogP contribution in [0.3, 0.4) is 0 Å². The summed E-state index contributed by atoms with van der Waals surface area (Å²) in [5.41, 5.74) is 0.989. The first-order valence-corrected chi connectivity index (χ1v) is 9.73. The lowest BCUT2D eigenvalue weighted by Gasteiger charge is -2.09. The van der Waals surface area contributed by atoms with Crippen LogP contribution in [-0.4, -0.2) is 39.1 Å². The number of carbonyl (C=O) groups excluding carboxylic acids is 4. The van der Waals surface area contributed by atoms with Crippen LogP contribution >= 0.6 is 0 Å². The smallest absolute Gasteiger partial charge is 0.322 e. The van der Waals surface area contributed by atoms with Crippen molar-refractivity contribution in [2.24, 2.45) is 0 Å². The molecule has 4 amide bonds. The van der Waals surface area contributed by atoms with E-state index in [9.17, 15) is 27.6 Å². The molecule has 0 radical (unpaired) electrons. The molecule has 0 bridgehead atoms. The molecule has 0 aromatic heterocycles. The molecule has 2 aromatic carbocycles. The van der Waals surface area contributed by atoms with Gasteiger partial charge in [0.05, 0.1) is 4.90 Å². The maximum atomic E-state index is 12.1. The predicted molar refractivity (Wildman–Crippen MR) is 103 cm³/mol. The second kappa shape index (κ2) is 9.46. The van der Waals surface area contributed by atoms with Crippen LogP contribution in [0.2, 0.25) is 0 Å². The maximum absolute atomic E-state index is 12.1. The number of nitrogens with one attached hydrogen (secondary N) is 4. The molecule has 10 nitrogen and oxygen atoms in total. The minimum Gasteiger partial charge on any atom is -0.351 e. The maximum Gasteiger partial charge on any atom is 0.322 e. The van der Waals surface area contributed by atoms with Crippen LogP contribution in [0.1, 0.15) is 5.56 Å². The monoisotopic (exact) mass is 418 g/mol. The summed E-state index contributed by atoms with van der Waals surface area (Å²) in [6, 6.07) is 13.7. The van der Waals surface area contributed by atoms with Gasteiger partial charge in [-0.3, -0.25) is 19.2 Å². The second-order valence-corrected chi connectivity index (χ2v) is 7.34. The van der Waals surface area contributed by atoms with Crippen molar-refractivity contribution in [2.45, 2.75) is 11.4 Å². The zero-order valence-corrected chi connectivity index (χ0v) is 16.1. The number of sulfonamides is 1. The number of carbonyl (C=O) groups is 4. The third kappa shape index (κ3) is 6.14. The quantitative estimate of drug-likeness (QED) is 0.480. The third-order valence-electron chi connectivity index (χ3n) is 3.58. The van der Waals surface area contributed by atoms with Gasteiger partial charge in [0.25, 0.3) is 10.0 Å². The summed E-state index contributed by atoms with van der Waals surface area (Å²) in [6.45, 7) is 0.176. The summed E-state index contributed by atoms with van der Waals surface area (Å²) in [4.78, 5) is 46.0. The summed E-state index contributed by atoms with van der Waals surface area (Å²) >= 11 is 0. The Morgan fingerprint density at radius 2 is 1.41 bits per heavy atom. The van der Waals surface area contributed by atoms with E-state index in [-0.39, 0.29) is 17.1 Å². The zero-order valence-electron chi connectivity index (χ0n) is 15.3. The molecule has 0 atom stereocenters. The van der Waals surface area contributed by atoms with Gasteiger partial charge >= 0.3 is 23.6 Å². The summed E-state index contributed by atoms with van der Waals surface area (Å²) in [5, 5.41) is 6.79. The number of hydrogen-bond donors (Lipinski definition) is 4. The van der Waals surface area contributed by atoms with Gasteiger partial charge in [-0.15, -0.1) is 0 Å². The molecule has 0 aliphatic heterocycles. The molecule has 0 aliphatic carbocycles. The standard InChI is InChI=1S/C18H18N4O6S/c1-19-15(23)18(26)22-29(27,28)14-9-7-13(8-10-14)21-17(25)16(24)20-11-12-5-3-2-4-6-12/h2-10H,11H2,1H3,(H,19,23)(H,20,24)(H,21,25)(H,22,26). The highest BCUT2D eigenvalue weighted by atomic mass is 32.2. The molecular formula is C18H18N4O6S. The van der Waals surface area contributed by atoms with Crippen molar-refractivity contribution in [2.75, 3.05) is 12.4 Å². The molecule has 0 unspecified atom stereocenters. The average Bonchev–Trinajstić information content (AvgIpc) is 2.72. The molecule has 152 valence electrons. The molecule has 11 heteroatoms. The number of rotatable bonds is 5. The van der Waals surface area contributed by atoms with Crippen LogP contribution in [-0.2, 0) is 35.7 Å². The van der Waals surface area contributed by atoms with E-state index in [0.29, 0.717) is 0 Å². The van der Waals surface area contributed by atoms with E-state index in [1.54, 1.807) is 29.0 Å². The van der Waals surface area contributed by atoms with E-state index in [0.717, 1.165) is 17.7 Å². The fourth-order valence-corrected chi connectivity index (χ4v) is 3.05. The van der Waals surface area contributed by atoms with Gasteiger partial charge in [-0.2, -0.15) is 0 Å². The van der Waals surface area contributed by atoms with E-state index in [2.05, 4.69) is 10.6 Å². The molecular weight excluding hydrogens is 400 g/mol. The number of anilines is 1. The van der Waals surface area contributed by atoms with E-state index in [1.807, 2.05) is 11.4 Å². The van der Waals surface area contributed by atoms with Gasteiger partial charge in [0, 0.05) is 19.3 Å². The zero-order chi connectivity index (χ0) is 21.4. The molecule has 0 fully saturated rings. The van der Waals surface area contributed by atoms with Crippen LogP contribution in [0.15, 0.2) is 59.5 Å². The molecule has 0 saturated heterocycles. The summed E-state index contributed by atoms with van der Waals surface area (Å²) in [5.74, 6) is -4.23. The molecule has 0 heterocycles. The first-order chi connectivity index (χ1) is 13.7. The highest BCUT2D eigenvalue weighted by Gasteiger charge is 2.22. The minimum absolute atomic E-state index is 0.168. The molecule has 29 heavy (non-hydrogen) atoms. The fourth-order valence-electron chi connectivity index (χ4n) is 2.10. The highest BCUT2D eigenvalue weighted by Crippen LogP contribution is 2.14. The highest BCUT2D eigenvalue weighted by molar-refractivity contribution is 7.90. The second-order valence-electron chi connectivity index (χ2n) is 5.66. The Hall–Kier alpha value is -3.73. The normalized spacial score (nSPS) is 10.5. The van der Waals surface area contributed by atoms with Gasteiger partial charge in [-0.1, -0.05) is 30.3 Å². The number of likely N-dealkylation sites (N-methyl/N-ethyl adjacent to an activating group) is 1. The van der Waals surface area contributed by atoms with Crippen molar-refractivity contribution >= 4 is 39.3 Å². The number of benzene rings is 2. The van der Waals surface area contributed by atoms with E-state index >= 15 is 0 Å². The first-order valence-electron chi connectivity index (χ1n) is 8.25. The lowest BCUT2D eigenvalue weighted by atomic mass is 10.2. The van der Waals surface area contributed by atoms with Gasteiger partial charge in [-0.05, 0) is 29.8 Å². The van der Waals surface area contributed by atoms with Crippen molar-refractivity contribution in [3.63, 3.8) is 0 Å². The topological polar surface area (TPSA) is 151 Å². The Labute approximate surface area is 166 Å². The summed E-state index contributed by atoms with van der Waals surface area (Å²) in [7, 11) is -3.09. The largest absolute Gasteiger partial charge is 0.351 e. The Kier molecular flexibility index (Phi) is 7.04. The van der Waals surface area contributed by atoms with Crippen LogP contribution in [0.25, 0.3) is 0 Å². The third-order valence-corrected chi connectivity index (χ3v) is 4.93. The Morgan fingerprint density at radius 1 is 0.793 bits per heavy atom. The molecule has 4 N–H and O–H groups in total. The lowest BCUT2D eigenvalue weighted by Crippen LogP contribution is -2.41. The van der Waals surface area contributed by atoms with E-state index in [4.69, 9.17) is 0 Å². The van der Waals surface area contributed by atoms with E-state index in [1.165, 1.54) is 19.2 Å². The van der Waals surface area contributed by atoms with Gasteiger partial charge in [0.15, 0.2) is 0 Å². The predicted octanol–water partition coefficient (Wildman–Crippen LogP) is -0.508. The van der Waals surface area contributed by atoms with Crippen molar-refractivity contribution in [1.82, 2.24) is 15.4 Å². The van der Waals surface area contributed by atoms with E-state index < -0.39 is 33.7 Å². The number of hydrogen-bond acceptors (Lipinski definition) is 6. The van der Waals surface area contributed by atoms with Crippen LogP contribution in [0.5, 0.6) is 0 Å². The van der Waals surface area contributed by atoms with Crippen LogP contribution in [0, 0.1) is 0 Å². The molecule has 2 rings (SSSR count). The molecule has 0 spiro atoms. The molecule has 2 aromatic rings. The summed E-state index contributed by atoms with van der Waals surface area (Å²) < 4.78 is 25.7. The fraction of sp³-hybridized carbons (Fsp3) is 0.111. The minimum atomic E-state index is -4.27. The van der Waals surface area contributed by atoms with Crippen molar-refractivity contribution in [3.05, 3.63) is 60.2 Å². The Bertz CT molecular complexity index is 1020. The van der Waals surface area contributed by atoms with Gasteiger partial charge in [0.2, 0.25) is 0 Å². The van der Waals surface area contributed by atoms with Crippen molar-refractivity contribution < 1.29 is 27.6 Å². The van der Waals surface area contributed by atoms with Crippen molar-refractivity contribution in [3.8, 4) is 0 Å². The van der Waals surface area contributed by atoms with Crippen LogP contribution < -0.4 is 20.7 Å². The van der Waals surface area contributed by atoms with Crippen LogP contribution in [0.4, 0.5) is 5.69 Å². The van der Waals surface area contributed by atoms with Gasteiger partial charge in [-0.25, -0.2) is 13.1 Å². The molecule has 0 saturated carbocycles. The van der Waals surface area contributed by atoms with Crippen molar-refractivity contribution in [1.29, 1.82) is 0 Å². The van der Waals surface area contributed by atoms with Gasteiger partial charge in [0.1, 0.15) is 0 Å². The SMILES string of the molecule is CNC(=O)C(=O)NS(=O)(=O)c1ccc(NC(=O)C(=O)NCc2ccccc2)cc1. The van der Waals surface area contributed by atoms with Gasteiger partial charge < -0.3 is 16.0 Å². The Morgan fingerprint density at radius 3 is 2.00 bits per heavy atom. The summed E-state index contributed by atoms with van der Waals surface area (Å²) in [6.07, 6.45) is 0. The molecule has 0 aliphatic rings. The Balaban J connectivity index is 1.95.